The average Bonchev–Trinajstić information content (AvgIpc) is 3.01. The zero-order valence-corrected chi connectivity index (χ0v) is 15.8. The highest BCUT2D eigenvalue weighted by Crippen LogP contribution is 2.39. The molecule has 0 spiro atoms. The van der Waals surface area contributed by atoms with Gasteiger partial charge in [-0.05, 0) is 68.0 Å². The molecule has 24 heavy (non-hydrogen) atoms. The lowest BCUT2D eigenvalue weighted by molar-refractivity contribution is 0.396. The fourth-order valence-corrected chi connectivity index (χ4v) is 5.65. The van der Waals surface area contributed by atoms with E-state index in [-0.39, 0.29) is 6.04 Å². The van der Waals surface area contributed by atoms with Gasteiger partial charge in [-0.2, -0.15) is 4.31 Å². The van der Waals surface area contributed by atoms with Gasteiger partial charge in [-0.15, -0.1) is 0 Å². The molecule has 3 nitrogen and oxygen atoms in total. The fraction of sp³-hybridized carbons (Fsp3) is 0.368. The lowest BCUT2D eigenvalue weighted by atomic mass is 10.1. The molecule has 1 saturated heterocycles. The third-order valence-electron chi connectivity index (χ3n) is 4.85. The normalized spacial score (nSPS) is 18.9. The summed E-state index contributed by atoms with van der Waals surface area (Å²) in [5.41, 5.74) is 3.79. The number of hydrogen-bond donors (Lipinski definition) is 0. The van der Waals surface area contributed by atoms with E-state index < -0.39 is 10.0 Å². The Labute approximate surface area is 149 Å². The number of aryl methyl sites for hydroxylation is 3. The second-order valence-corrected chi connectivity index (χ2v) is 8.76. The topological polar surface area (TPSA) is 37.4 Å². The van der Waals surface area contributed by atoms with Crippen LogP contribution in [0.2, 0.25) is 5.02 Å². The van der Waals surface area contributed by atoms with Gasteiger partial charge in [0.1, 0.15) is 0 Å². The molecule has 2 aromatic rings. The van der Waals surface area contributed by atoms with E-state index in [1.54, 1.807) is 10.4 Å². The molecule has 1 heterocycles. The summed E-state index contributed by atoms with van der Waals surface area (Å²) in [6, 6.07) is 11.1. The summed E-state index contributed by atoms with van der Waals surface area (Å²) in [7, 11) is -3.55. The van der Waals surface area contributed by atoms with E-state index in [9.17, 15) is 8.42 Å². The molecule has 0 amide bonds. The predicted octanol–water partition coefficient (Wildman–Crippen LogP) is 4.79. The van der Waals surface area contributed by atoms with Crippen molar-refractivity contribution in [2.24, 2.45) is 0 Å². The Hall–Kier alpha value is -1.36. The largest absolute Gasteiger partial charge is 0.243 e. The molecule has 0 N–H and O–H groups in total. The molecule has 0 aromatic heterocycles. The first-order valence-electron chi connectivity index (χ1n) is 8.16. The summed E-state index contributed by atoms with van der Waals surface area (Å²) in [6.45, 7) is 6.34. The van der Waals surface area contributed by atoms with E-state index in [0.717, 1.165) is 35.1 Å². The molecule has 5 heteroatoms. The Kier molecular flexibility index (Phi) is 4.73. The first-order valence-corrected chi connectivity index (χ1v) is 9.98. The molecule has 2 aromatic carbocycles. The number of rotatable bonds is 3. The SMILES string of the molecule is Cc1cc(C)c(S(=O)(=O)N2CCC[C@@H]2c2ccccc2Cl)cc1C. The molecule has 0 radical (unpaired) electrons. The van der Waals surface area contributed by atoms with Crippen LogP contribution in [0.25, 0.3) is 0 Å². The number of sulfonamides is 1. The lowest BCUT2D eigenvalue weighted by Gasteiger charge is -2.26. The first-order chi connectivity index (χ1) is 11.3. The van der Waals surface area contributed by atoms with Crippen LogP contribution in [-0.4, -0.2) is 19.3 Å². The van der Waals surface area contributed by atoms with E-state index in [4.69, 9.17) is 11.6 Å². The third kappa shape index (κ3) is 2.99. The van der Waals surface area contributed by atoms with Crippen molar-refractivity contribution in [3.63, 3.8) is 0 Å². The summed E-state index contributed by atoms with van der Waals surface area (Å²) in [5.74, 6) is 0. The smallest absolute Gasteiger partial charge is 0.207 e. The Balaban J connectivity index is 2.06. The van der Waals surface area contributed by atoms with Crippen molar-refractivity contribution in [3.8, 4) is 0 Å². The molecule has 0 saturated carbocycles. The van der Waals surface area contributed by atoms with Crippen LogP contribution in [-0.2, 0) is 10.0 Å². The highest BCUT2D eigenvalue weighted by atomic mass is 35.5. The van der Waals surface area contributed by atoms with Crippen molar-refractivity contribution in [3.05, 3.63) is 63.7 Å². The van der Waals surface area contributed by atoms with Crippen LogP contribution in [0.1, 0.15) is 41.1 Å². The van der Waals surface area contributed by atoms with E-state index in [1.165, 1.54) is 0 Å². The van der Waals surface area contributed by atoms with Crippen molar-refractivity contribution in [1.29, 1.82) is 0 Å². The van der Waals surface area contributed by atoms with Crippen LogP contribution < -0.4 is 0 Å². The van der Waals surface area contributed by atoms with Crippen molar-refractivity contribution in [2.75, 3.05) is 6.54 Å². The van der Waals surface area contributed by atoms with Gasteiger partial charge in [-0.3, -0.25) is 0 Å². The Morgan fingerprint density at radius 2 is 1.71 bits per heavy atom. The minimum absolute atomic E-state index is 0.190. The third-order valence-corrected chi connectivity index (χ3v) is 7.24. The van der Waals surface area contributed by atoms with Crippen LogP contribution in [0.15, 0.2) is 41.3 Å². The number of benzene rings is 2. The van der Waals surface area contributed by atoms with Gasteiger partial charge >= 0.3 is 0 Å². The van der Waals surface area contributed by atoms with E-state index in [1.807, 2.05) is 51.1 Å². The summed E-state index contributed by atoms with van der Waals surface area (Å²) in [6.07, 6.45) is 1.64. The molecule has 1 atom stereocenters. The van der Waals surface area contributed by atoms with E-state index in [0.29, 0.717) is 16.5 Å². The van der Waals surface area contributed by atoms with Crippen LogP contribution in [0.5, 0.6) is 0 Å². The Morgan fingerprint density at radius 1 is 1.04 bits per heavy atom. The van der Waals surface area contributed by atoms with Gasteiger partial charge in [0, 0.05) is 11.6 Å². The van der Waals surface area contributed by atoms with E-state index in [2.05, 4.69) is 0 Å². The van der Waals surface area contributed by atoms with Gasteiger partial charge in [0.2, 0.25) is 10.0 Å². The highest BCUT2D eigenvalue weighted by molar-refractivity contribution is 7.89. The molecule has 128 valence electrons. The Morgan fingerprint density at radius 3 is 2.42 bits per heavy atom. The minimum Gasteiger partial charge on any atom is -0.207 e. The van der Waals surface area contributed by atoms with Crippen molar-refractivity contribution < 1.29 is 8.42 Å². The van der Waals surface area contributed by atoms with Crippen LogP contribution in [0, 0.1) is 20.8 Å². The maximum atomic E-state index is 13.3. The number of halogens is 1. The molecular formula is C19H22ClNO2S. The van der Waals surface area contributed by atoms with Gasteiger partial charge in [-0.1, -0.05) is 35.9 Å². The van der Waals surface area contributed by atoms with Gasteiger partial charge in [0.05, 0.1) is 10.9 Å². The monoisotopic (exact) mass is 363 g/mol. The van der Waals surface area contributed by atoms with Crippen molar-refractivity contribution in [1.82, 2.24) is 4.31 Å². The standard InChI is InChI=1S/C19H22ClNO2S/c1-13-11-15(3)19(12-14(13)2)24(22,23)21-10-6-9-18(21)16-7-4-5-8-17(16)20/h4-5,7-8,11-12,18H,6,9-10H2,1-3H3/t18-/m1/s1. The molecule has 0 unspecified atom stereocenters. The molecule has 0 aliphatic carbocycles. The zero-order valence-electron chi connectivity index (χ0n) is 14.2. The minimum atomic E-state index is -3.55. The van der Waals surface area contributed by atoms with Gasteiger partial charge < -0.3 is 0 Å². The second kappa shape index (κ2) is 6.51. The summed E-state index contributed by atoms with van der Waals surface area (Å²) in [4.78, 5) is 0.407. The fourth-order valence-electron chi connectivity index (χ4n) is 3.42. The quantitative estimate of drug-likeness (QED) is 0.786. The summed E-state index contributed by atoms with van der Waals surface area (Å²) in [5, 5.41) is 0.626. The average molecular weight is 364 g/mol. The predicted molar refractivity (Wildman–Crippen MR) is 98.0 cm³/mol. The van der Waals surface area contributed by atoms with Gasteiger partial charge in [0.25, 0.3) is 0 Å². The number of nitrogens with zero attached hydrogens (tertiary/aromatic N) is 1. The molecule has 1 fully saturated rings. The molecule has 1 aliphatic heterocycles. The van der Waals surface area contributed by atoms with Crippen molar-refractivity contribution >= 4 is 21.6 Å². The molecular weight excluding hydrogens is 342 g/mol. The Bertz CT molecular complexity index is 877. The maximum Gasteiger partial charge on any atom is 0.243 e. The lowest BCUT2D eigenvalue weighted by Crippen LogP contribution is -2.31. The van der Waals surface area contributed by atoms with Crippen LogP contribution in [0.3, 0.4) is 0 Å². The molecule has 1 aliphatic rings. The van der Waals surface area contributed by atoms with Gasteiger partial charge in [0.15, 0.2) is 0 Å². The maximum absolute atomic E-state index is 13.3. The summed E-state index contributed by atoms with van der Waals surface area (Å²) < 4.78 is 28.2. The second-order valence-electron chi connectivity index (χ2n) is 6.50. The highest BCUT2D eigenvalue weighted by Gasteiger charge is 2.37. The zero-order chi connectivity index (χ0) is 17.5. The van der Waals surface area contributed by atoms with Crippen LogP contribution in [0.4, 0.5) is 0 Å². The summed E-state index contributed by atoms with van der Waals surface area (Å²) >= 11 is 6.32. The first kappa shape index (κ1) is 17.5. The van der Waals surface area contributed by atoms with E-state index >= 15 is 0 Å². The van der Waals surface area contributed by atoms with Crippen molar-refractivity contribution in [2.45, 2.75) is 44.6 Å². The molecule has 3 rings (SSSR count). The number of hydrogen-bond acceptors (Lipinski definition) is 2. The van der Waals surface area contributed by atoms with Crippen LogP contribution >= 0.6 is 11.6 Å². The van der Waals surface area contributed by atoms with Gasteiger partial charge in [-0.25, -0.2) is 8.42 Å². The molecule has 0 bridgehead atoms.